The lowest BCUT2D eigenvalue weighted by Gasteiger charge is -2.36. The molecule has 0 aliphatic carbocycles. The highest BCUT2D eigenvalue weighted by Crippen LogP contribution is 2.37. The molecule has 0 aromatic heterocycles. The second kappa shape index (κ2) is 7.32. The Morgan fingerprint density at radius 3 is 2.59 bits per heavy atom. The van der Waals surface area contributed by atoms with Gasteiger partial charge in [-0.1, -0.05) is 28.1 Å². The highest BCUT2D eigenvalue weighted by molar-refractivity contribution is 9.10. The van der Waals surface area contributed by atoms with Crippen LogP contribution < -0.4 is 15.4 Å². The van der Waals surface area contributed by atoms with Crippen LogP contribution in [0, 0.1) is 0 Å². The summed E-state index contributed by atoms with van der Waals surface area (Å²) in [5, 5.41) is 5.78. The van der Waals surface area contributed by atoms with E-state index in [2.05, 4.69) is 26.6 Å². The Balaban J connectivity index is 1.62. The molecule has 0 saturated carbocycles. The number of ether oxygens (including phenoxy) is 2. The fourth-order valence-electron chi connectivity index (χ4n) is 3.55. The number of carbonyl (C=O) groups excluding carboxylic acids is 2. The maximum Gasteiger partial charge on any atom is 0.262 e. The first-order chi connectivity index (χ1) is 13.1. The van der Waals surface area contributed by atoms with E-state index in [-0.39, 0.29) is 18.4 Å². The van der Waals surface area contributed by atoms with Crippen molar-refractivity contribution in [1.29, 1.82) is 0 Å². The van der Waals surface area contributed by atoms with E-state index >= 15 is 0 Å². The lowest BCUT2D eigenvalue weighted by atomic mass is 9.73. The molecule has 2 N–H and O–H groups in total. The standard InChI is InChI=1S/C20H19BrN2O4/c21-14-3-1-13(2-4-14)20(7-9-26-10-8-20)19(25)22-15-5-6-17-16(11-15)23-18(24)12-27-17/h1-6,11H,7-10,12H2,(H,22,25)(H,23,24). The lowest BCUT2D eigenvalue weighted by molar-refractivity contribution is -0.125. The van der Waals surface area contributed by atoms with E-state index < -0.39 is 5.41 Å². The summed E-state index contributed by atoms with van der Waals surface area (Å²) in [4.78, 5) is 24.8. The Labute approximate surface area is 165 Å². The molecule has 0 bridgehead atoms. The molecule has 2 aromatic rings. The fourth-order valence-corrected chi connectivity index (χ4v) is 3.81. The third-order valence-corrected chi connectivity index (χ3v) is 5.58. The van der Waals surface area contributed by atoms with Crippen molar-refractivity contribution in [2.24, 2.45) is 0 Å². The van der Waals surface area contributed by atoms with Crippen molar-refractivity contribution in [2.75, 3.05) is 30.5 Å². The molecule has 1 saturated heterocycles. The summed E-state index contributed by atoms with van der Waals surface area (Å²) >= 11 is 3.45. The van der Waals surface area contributed by atoms with Gasteiger partial charge in [-0.3, -0.25) is 9.59 Å². The van der Waals surface area contributed by atoms with Gasteiger partial charge in [0.15, 0.2) is 6.61 Å². The Morgan fingerprint density at radius 1 is 1.11 bits per heavy atom. The van der Waals surface area contributed by atoms with Crippen LogP contribution in [0.15, 0.2) is 46.9 Å². The van der Waals surface area contributed by atoms with Crippen molar-refractivity contribution in [3.8, 4) is 5.75 Å². The largest absolute Gasteiger partial charge is 0.482 e. The number of anilines is 2. The van der Waals surface area contributed by atoms with Gasteiger partial charge in [0.25, 0.3) is 5.91 Å². The zero-order chi connectivity index (χ0) is 18.9. The molecule has 0 unspecified atom stereocenters. The summed E-state index contributed by atoms with van der Waals surface area (Å²) in [7, 11) is 0. The molecule has 2 aliphatic heterocycles. The van der Waals surface area contributed by atoms with Crippen LogP contribution in [0.5, 0.6) is 5.75 Å². The third kappa shape index (κ3) is 3.57. The normalized spacial score (nSPS) is 18.0. The number of hydrogen-bond acceptors (Lipinski definition) is 4. The predicted molar refractivity (Wildman–Crippen MR) is 105 cm³/mol. The van der Waals surface area contributed by atoms with Gasteiger partial charge in [0.2, 0.25) is 5.91 Å². The minimum atomic E-state index is -0.644. The van der Waals surface area contributed by atoms with Gasteiger partial charge < -0.3 is 20.1 Å². The van der Waals surface area contributed by atoms with Crippen LogP contribution in [0.1, 0.15) is 18.4 Å². The van der Waals surface area contributed by atoms with E-state index in [1.807, 2.05) is 24.3 Å². The molecule has 2 amide bonds. The van der Waals surface area contributed by atoms with Gasteiger partial charge in [-0.25, -0.2) is 0 Å². The molecule has 2 aromatic carbocycles. The van der Waals surface area contributed by atoms with E-state index in [9.17, 15) is 9.59 Å². The molecule has 140 valence electrons. The first kappa shape index (κ1) is 18.0. The van der Waals surface area contributed by atoms with Crippen molar-refractivity contribution in [3.63, 3.8) is 0 Å². The minimum absolute atomic E-state index is 0.00534. The molecule has 4 rings (SSSR count). The molecular weight excluding hydrogens is 412 g/mol. The number of hydrogen-bond donors (Lipinski definition) is 2. The molecule has 6 nitrogen and oxygen atoms in total. The second-order valence-electron chi connectivity index (χ2n) is 6.70. The number of rotatable bonds is 3. The van der Waals surface area contributed by atoms with E-state index in [4.69, 9.17) is 9.47 Å². The van der Waals surface area contributed by atoms with Crippen molar-refractivity contribution in [3.05, 3.63) is 52.5 Å². The average molecular weight is 431 g/mol. The van der Waals surface area contributed by atoms with Gasteiger partial charge in [0, 0.05) is 23.4 Å². The summed E-state index contributed by atoms with van der Waals surface area (Å²) in [6.45, 7) is 1.08. The number of amides is 2. The molecule has 0 spiro atoms. The van der Waals surface area contributed by atoms with Crippen molar-refractivity contribution < 1.29 is 19.1 Å². The minimum Gasteiger partial charge on any atom is -0.482 e. The number of halogens is 1. The van der Waals surface area contributed by atoms with Crippen LogP contribution in [-0.2, 0) is 19.7 Å². The van der Waals surface area contributed by atoms with Gasteiger partial charge in [0.05, 0.1) is 11.1 Å². The number of fused-ring (bicyclic) bond motifs is 1. The molecule has 0 atom stereocenters. The number of nitrogens with one attached hydrogen (secondary N) is 2. The molecule has 1 fully saturated rings. The summed E-state index contributed by atoms with van der Waals surface area (Å²) < 4.78 is 11.8. The highest BCUT2D eigenvalue weighted by atomic mass is 79.9. The zero-order valence-corrected chi connectivity index (χ0v) is 16.2. The maximum absolute atomic E-state index is 13.3. The molecule has 2 aliphatic rings. The average Bonchev–Trinajstić information content (AvgIpc) is 2.68. The van der Waals surface area contributed by atoms with Gasteiger partial charge in [-0.15, -0.1) is 0 Å². The first-order valence-electron chi connectivity index (χ1n) is 8.79. The summed E-state index contributed by atoms with van der Waals surface area (Å²) in [6, 6.07) is 13.1. The van der Waals surface area contributed by atoms with Crippen molar-refractivity contribution in [2.45, 2.75) is 18.3 Å². The van der Waals surface area contributed by atoms with Crippen LogP contribution in [0.2, 0.25) is 0 Å². The van der Waals surface area contributed by atoms with Crippen LogP contribution >= 0.6 is 15.9 Å². The second-order valence-corrected chi connectivity index (χ2v) is 7.62. The Bertz CT molecular complexity index is 876. The SMILES string of the molecule is O=C1COc2ccc(NC(=O)C3(c4ccc(Br)cc4)CCOCC3)cc2N1. The third-order valence-electron chi connectivity index (χ3n) is 5.05. The number of carbonyl (C=O) groups is 2. The molecule has 0 radical (unpaired) electrons. The maximum atomic E-state index is 13.3. The highest BCUT2D eigenvalue weighted by Gasteiger charge is 2.41. The van der Waals surface area contributed by atoms with Gasteiger partial charge in [0.1, 0.15) is 5.75 Å². The summed E-state index contributed by atoms with van der Waals surface area (Å²) in [5.74, 6) is 0.319. The number of benzene rings is 2. The van der Waals surface area contributed by atoms with Crippen LogP contribution in [0.3, 0.4) is 0 Å². The molecule has 7 heteroatoms. The predicted octanol–water partition coefficient (Wildman–Crippen LogP) is 3.47. The zero-order valence-electron chi connectivity index (χ0n) is 14.6. The van der Waals surface area contributed by atoms with E-state index in [0.717, 1.165) is 10.0 Å². The van der Waals surface area contributed by atoms with Crippen molar-refractivity contribution in [1.82, 2.24) is 0 Å². The van der Waals surface area contributed by atoms with Crippen LogP contribution in [-0.4, -0.2) is 31.6 Å². The quantitative estimate of drug-likeness (QED) is 0.781. The van der Waals surface area contributed by atoms with E-state index in [1.165, 1.54) is 0 Å². The fraction of sp³-hybridized carbons (Fsp3) is 0.300. The van der Waals surface area contributed by atoms with Crippen LogP contribution in [0.25, 0.3) is 0 Å². The molecule has 27 heavy (non-hydrogen) atoms. The summed E-state index contributed by atoms with van der Waals surface area (Å²) in [5.41, 5.74) is 1.51. The smallest absolute Gasteiger partial charge is 0.262 e. The van der Waals surface area contributed by atoms with Gasteiger partial charge >= 0.3 is 0 Å². The van der Waals surface area contributed by atoms with Crippen LogP contribution in [0.4, 0.5) is 11.4 Å². The van der Waals surface area contributed by atoms with Crippen molar-refractivity contribution >= 4 is 39.1 Å². The first-order valence-corrected chi connectivity index (χ1v) is 9.58. The van der Waals surface area contributed by atoms with E-state index in [0.29, 0.717) is 43.2 Å². The van der Waals surface area contributed by atoms with Gasteiger partial charge in [-0.2, -0.15) is 0 Å². The van der Waals surface area contributed by atoms with E-state index in [1.54, 1.807) is 18.2 Å². The monoisotopic (exact) mass is 430 g/mol. The Hall–Kier alpha value is -2.38. The Morgan fingerprint density at radius 2 is 1.85 bits per heavy atom. The topological polar surface area (TPSA) is 76.7 Å². The molecule has 2 heterocycles. The summed E-state index contributed by atoms with van der Waals surface area (Å²) in [6.07, 6.45) is 1.23. The molecular formula is C20H19BrN2O4. The lowest BCUT2D eigenvalue weighted by Crippen LogP contribution is -2.44. The van der Waals surface area contributed by atoms with Gasteiger partial charge in [-0.05, 0) is 48.7 Å². The Kier molecular flexibility index (Phi) is 4.88.